The van der Waals surface area contributed by atoms with E-state index in [0.29, 0.717) is 6.54 Å². The maximum Gasteiger partial charge on any atom is 0.315 e. The molecule has 7 nitrogen and oxygen atoms in total. The Morgan fingerprint density at radius 2 is 2.18 bits per heavy atom. The van der Waals surface area contributed by atoms with Crippen molar-refractivity contribution in [3.05, 3.63) is 18.0 Å². The highest BCUT2D eigenvalue weighted by Gasteiger charge is 2.27. The summed E-state index contributed by atoms with van der Waals surface area (Å²) in [5, 5.41) is 20.3. The van der Waals surface area contributed by atoms with Gasteiger partial charge in [-0.25, -0.2) is 4.79 Å². The number of rotatable bonds is 5. The van der Waals surface area contributed by atoms with Gasteiger partial charge in [0.2, 0.25) is 0 Å². The van der Waals surface area contributed by atoms with Crippen molar-refractivity contribution in [3.63, 3.8) is 0 Å². The van der Waals surface area contributed by atoms with Crippen LogP contribution in [0.3, 0.4) is 0 Å². The lowest BCUT2D eigenvalue weighted by Crippen LogP contribution is -2.43. The molecular weight excluding hydrogens is 224 g/mol. The highest BCUT2D eigenvalue weighted by atomic mass is 16.4. The largest absolute Gasteiger partial charge is 0.481 e. The predicted octanol–water partition coefficient (Wildman–Crippen LogP) is 0.320. The van der Waals surface area contributed by atoms with Crippen molar-refractivity contribution >= 4 is 12.0 Å². The van der Waals surface area contributed by atoms with Gasteiger partial charge in [0.05, 0.1) is 11.6 Å². The Bertz CT molecular complexity index is 386. The van der Waals surface area contributed by atoms with Crippen LogP contribution in [0.1, 0.15) is 19.4 Å². The number of hydrogen-bond acceptors (Lipinski definition) is 3. The van der Waals surface area contributed by atoms with Crippen molar-refractivity contribution in [2.24, 2.45) is 5.41 Å². The average molecular weight is 240 g/mol. The third-order valence-electron chi connectivity index (χ3n) is 2.28. The number of carboxylic acids is 1. The quantitative estimate of drug-likeness (QED) is 0.594. The normalized spacial score (nSPS) is 10.9. The number of urea groups is 1. The number of nitrogens with one attached hydrogen (secondary N) is 3. The molecule has 1 heterocycles. The molecule has 17 heavy (non-hydrogen) atoms. The lowest BCUT2D eigenvalue weighted by Gasteiger charge is -2.19. The second-order valence-electron chi connectivity index (χ2n) is 4.33. The van der Waals surface area contributed by atoms with Crippen LogP contribution in [-0.4, -0.2) is 33.8 Å². The fraction of sp³-hybridized carbons (Fsp3) is 0.500. The summed E-state index contributed by atoms with van der Waals surface area (Å²) < 4.78 is 0. The number of H-pyrrole nitrogens is 1. The smallest absolute Gasteiger partial charge is 0.315 e. The van der Waals surface area contributed by atoms with E-state index in [4.69, 9.17) is 5.11 Å². The Balaban J connectivity index is 2.28. The summed E-state index contributed by atoms with van der Waals surface area (Å²) in [5.41, 5.74) is -0.134. The Labute approximate surface area is 98.6 Å². The van der Waals surface area contributed by atoms with E-state index in [1.54, 1.807) is 26.2 Å². The number of aromatic nitrogens is 2. The second kappa shape index (κ2) is 5.33. The predicted molar refractivity (Wildman–Crippen MR) is 60.2 cm³/mol. The van der Waals surface area contributed by atoms with Crippen molar-refractivity contribution in [1.29, 1.82) is 0 Å². The van der Waals surface area contributed by atoms with Gasteiger partial charge in [-0.2, -0.15) is 5.10 Å². The lowest BCUT2D eigenvalue weighted by atomic mass is 9.94. The molecule has 1 aromatic rings. The Morgan fingerprint density at radius 1 is 1.47 bits per heavy atom. The number of hydrogen-bond donors (Lipinski definition) is 4. The van der Waals surface area contributed by atoms with E-state index in [-0.39, 0.29) is 6.54 Å². The van der Waals surface area contributed by atoms with Gasteiger partial charge in [0.1, 0.15) is 0 Å². The summed E-state index contributed by atoms with van der Waals surface area (Å²) in [4.78, 5) is 22.2. The van der Waals surface area contributed by atoms with Gasteiger partial charge in [0.15, 0.2) is 0 Å². The summed E-state index contributed by atoms with van der Waals surface area (Å²) in [7, 11) is 0. The van der Waals surface area contributed by atoms with Crippen LogP contribution in [0.5, 0.6) is 0 Å². The zero-order chi connectivity index (χ0) is 12.9. The summed E-state index contributed by atoms with van der Waals surface area (Å²) in [6, 6.07) is -0.402. The van der Waals surface area contributed by atoms with E-state index in [0.717, 1.165) is 5.56 Å². The van der Waals surface area contributed by atoms with Crippen LogP contribution in [0.2, 0.25) is 0 Å². The maximum absolute atomic E-state index is 11.4. The third-order valence-corrected chi connectivity index (χ3v) is 2.28. The van der Waals surface area contributed by atoms with Crippen molar-refractivity contribution in [3.8, 4) is 0 Å². The van der Waals surface area contributed by atoms with Crippen molar-refractivity contribution < 1.29 is 14.7 Å². The van der Waals surface area contributed by atoms with Crippen molar-refractivity contribution in [2.45, 2.75) is 20.4 Å². The minimum atomic E-state index is -0.979. The highest BCUT2D eigenvalue weighted by molar-refractivity contribution is 5.77. The molecule has 0 spiro atoms. The van der Waals surface area contributed by atoms with Crippen LogP contribution >= 0.6 is 0 Å². The molecule has 2 amide bonds. The first kappa shape index (κ1) is 13.0. The van der Waals surface area contributed by atoms with E-state index in [2.05, 4.69) is 20.8 Å². The van der Waals surface area contributed by atoms with E-state index in [1.165, 1.54) is 0 Å². The molecule has 0 saturated heterocycles. The maximum atomic E-state index is 11.4. The highest BCUT2D eigenvalue weighted by Crippen LogP contribution is 2.12. The fourth-order valence-corrected chi connectivity index (χ4v) is 0.996. The molecule has 0 fully saturated rings. The van der Waals surface area contributed by atoms with Gasteiger partial charge in [0.25, 0.3) is 0 Å². The molecule has 0 saturated carbocycles. The Hall–Kier alpha value is -2.05. The number of carboxylic acid groups (broad SMARTS) is 1. The van der Waals surface area contributed by atoms with Crippen LogP contribution < -0.4 is 10.6 Å². The van der Waals surface area contributed by atoms with Gasteiger partial charge >= 0.3 is 12.0 Å². The van der Waals surface area contributed by atoms with Gasteiger partial charge in [-0.15, -0.1) is 0 Å². The number of carbonyl (C=O) groups excluding carboxylic acids is 1. The zero-order valence-corrected chi connectivity index (χ0v) is 9.78. The lowest BCUT2D eigenvalue weighted by molar-refractivity contribution is -0.146. The summed E-state index contributed by atoms with van der Waals surface area (Å²) in [5.74, 6) is -0.951. The van der Waals surface area contributed by atoms with E-state index in [9.17, 15) is 9.59 Å². The van der Waals surface area contributed by atoms with E-state index in [1.807, 2.05) is 0 Å². The van der Waals surface area contributed by atoms with Gasteiger partial charge in [-0.3, -0.25) is 9.89 Å². The number of aliphatic carboxylic acids is 1. The van der Waals surface area contributed by atoms with Crippen LogP contribution in [0.25, 0.3) is 0 Å². The van der Waals surface area contributed by atoms with Crippen molar-refractivity contribution in [2.75, 3.05) is 6.54 Å². The number of carbonyl (C=O) groups is 2. The van der Waals surface area contributed by atoms with Crippen molar-refractivity contribution in [1.82, 2.24) is 20.8 Å². The summed E-state index contributed by atoms with van der Waals surface area (Å²) in [6.45, 7) is 3.51. The molecule has 0 atom stereocenters. The summed E-state index contributed by atoms with van der Waals surface area (Å²) >= 11 is 0. The molecule has 0 aliphatic rings. The molecule has 0 unspecified atom stereocenters. The first-order chi connectivity index (χ1) is 7.92. The standard InChI is InChI=1S/C10H16N4O3/c1-10(2,8(15)16)6-12-9(17)11-3-7-4-13-14-5-7/h4-5H,3,6H2,1-2H3,(H,13,14)(H,15,16)(H2,11,12,17). The molecule has 0 aliphatic carbocycles. The Kier molecular flexibility index (Phi) is 4.08. The first-order valence-corrected chi connectivity index (χ1v) is 5.14. The number of nitrogens with zero attached hydrogens (tertiary/aromatic N) is 1. The van der Waals surface area contributed by atoms with Crippen LogP contribution in [0.4, 0.5) is 4.79 Å². The SMILES string of the molecule is CC(C)(CNC(=O)NCc1cn[nH]c1)C(=O)O. The molecule has 4 N–H and O–H groups in total. The molecule has 0 aliphatic heterocycles. The molecule has 7 heteroatoms. The monoisotopic (exact) mass is 240 g/mol. The molecule has 94 valence electrons. The van der Waals surface area contributed by atoms with E-state index < -0.39 is 17.4 Å². The van der Waals surface area contributed by atoms with Crippen LogP contribution in [0.15, 0.2) is 12.4 Å². The number of amides is 2. The van der Waals surface area contributed by atoms with Gasteiger partial charge < -0.3 is 15.7 Å². The first-order valence-electron chi connectivity index (χ1n) is 5.14. The molecular formula is C10H16N4O3. The minimum absolute atomic E-state index is 0.0690. The molecule has 0 bridgehead atoms. The minimum Gasteiger partial charge on any atom is -0.481 e. The van der Waals surface area contributed by atoms with Gasteiger partial charge in [-0.1, -0.05) is 0 Å². The second-order valence-corrected chi connectivity index (χ2v) is 4.33. The number of aromatic amines is 1. The molecule has 0 radical (unpaired) electrons. The zero-order valence-electron chi connectivity index (χ0n) is 9.78. The van der Waals surface area contributed by atoms with E-state index >= 15 is 0 Å². The molecule has 1 rings (SSSR count). The van der Waals surface area contributed by atoms with Gasteiger partial charge in [-0.05, 0) is 13.8 Å². The molecule has 1 aromatic heterocycles. The van der Waals surface area contributed by atoms with Crippen LogP contribution in [0, 0.1) is 5.41 Å². The van der Waals surface area contributed by atoms with Crippen LogP contribution in [-0.2, 0) is 11.3 Å². The van der Waals surface area contributed by atoms with Gasteiger partial charge in [0, 0.05) is 24.8 Å². The third kappa shape index (κ3) is 4.13. The Morgan fingerprint density at radius 3 is 2.71 bits per heavy atom. The topological polar surface area (TPSA) is 107 Å². The fourth-order valence-electron chi connectivity index (χ4n) is 0.996. The molecule has 0 aromatic carbocycles. The average Bonchev–Trinajstić information content (AvgIpc) is 2.76. The summed E-state index contributed by atoms with van der Waals surface area (Å²) in [6.07, 6.45) is 3.27.